The first kappa shape index (κ1) is 14.6. The Morgan fingerprint density at radius 1 is 1.24 bits per heavy atom. The molecule has 0 fully saturated rings. The number of aryl methyl sites for hydroxylation is 1. The van der Waals surface area contributed by atoms with Gasteiger partial charge in [-0.05, 0) is 18.4 Å². The van der Waals surface area contributed by atoms with E-state index in [-0.39, 0.29) is 12.1 Å². The Morgan fingerprint density at radius 3 is 2.52 bits per heavy atom. The van der Waals surface area contributed by atoms with Crippen LogP contribution in [0.2, 0.25) is 0 Å². The topological polar surface area (TPSA) is 115 Å². The molecular formula is C14H15N3O4. The number of carbonyl (C=O) groups excluding carboxylic acids is 1. The average molecular weight is 289 g/mol. The molecule has 0 aliphatic rings. The summed E-state index contributed by atoms with van der Waals surface area (Å²) in [5, 5.41) is 11.5. The molecule has 110 valence electrons. The lowest BCUT2D eigenvalue weighted by molar-refractivity contribution is -0.139. The fourth-order valence-corrected chi connectivity index (χ4v) is 1.90. The van der Waals surface area contributed by atoms with Crippen LogP contribution in [0, 0.1) is 0 Å². The maximum absolute atomic E-state index is 11.8. The summed E-state index contributed by atoms with van der Waals surface area (Å²) < 4.78 is 0. The van der Waals surface area contributed by atoms with E-state index in [0.29, 0.717) is 6.42 Å². The first-order valence-electron chi connectivity index (χ1n) is 6.41. The highest BCUT2D eigenvalue weighted by Gasteiger charge is 2.21. The van der Waals surface area contributed by atoms with E-state index in [0.717, 1.165) is 5.56 Å². The Bertz CT molecular complexity index is 675. The number of H-pyrrole nitrogens is 2. The molecular weight excluding hydrogens is 274 g/mol. The van der Waals surface area contributed by atoms with Crippen molar-refractivity contribution in [3.8, 4) is 0 Å². The zero-order chi connectivity index (χ0) is 15.2. The molecule has 4 N–H and O–H groups in total. The van der Waals surface area contributed by atoms with E-state index < -0.39 is 23.6 Å². The summed E-state index contributed by atoms with van der Waals surface area (Å²) in [5.74, 6) is -1.74. The molecule has 0 bridgehead atoms. The minimum Gasteiger partial charge on any atom is -0.480 e. The molecule has 7 nitrogen and oxygen atoms in total. The second-order valence-electron chi connectivity index (χ2n) is 4.55. The molecule has 2 rings (SSSR count). The van der Waals surface area contributed by atoms with Gasteiger partial charge in [-0.15, -0.1) is 0 Å². The van der Waals surface area contributed by atoms with Gasteiger partial charge in [0.25, 0.3) is 5.91 Å². The Morgan fingerprint density at radius 2 is 1.95 bits per heavy atom. The fraction of sp³-hybridized carbons (Fsp3) is 0.214. The first-order chi connectivity index (χ1) is 10.1. The van der Waals surface area contributed by atoms with E-state index in [2.05, 4.69) is 15.3 Å². The van der Waals surface area contributed by atoms with Crippen LogP contribution in [-0.2, 0) is 11.2 Å². The van der Waals surface area contributed by atoms with Crippen molar-refractivity contribution in [2.75, 3.05) is 0 Å². The molecule has 1 amide bonds. The van der Waals surface area contributed by atoms with Crippen molar-refractivity contribution in [3.63, 3.8) is 0 Å². The third kappa shape index (κ3) is 4.07. The standard InChI is InChI=1S/C14H15N3O4/c18-12(11-8-15-14(21)17-11)16-10(13(19)20)7-6-9-4-2-1-3-5-9/h1-5,8,10H,6-7H2,(H,16,18)(H,19,20)(H2,15,17,21)/t10-/m0/s1. The maximum Gasteiger partial charge on any atom is 0.326 e. The van der Waals surface area contributed by atoms with E-state index in [1.54, 1.807) is 0 Å². The number of amides is 1. The van der Waals surface area contributed by atoms with Crippen LogP contribution in [-0.4, -0.2) is 33.0 Å². The number of nitrogens with one attached hydrogen (secondary N) is 3. The molecule has 7 heteroatoms. The SMILES string of the molecule is O=C(N[C@@H](CCc1ccccc1)C(=O)O)c1c[nH]c(=O)[nH]1. The van der Waals surface area contributed by atoms with Gasteiger partial charge in [0.15, 0.2) is 0 Å². The third-order valence-corrected chi connectivity index (χ3v) is 3.01. The molecule has 1 heterocycles. The largest absolute Gasteiger partial charge is 0.480 e. The van der Waals surface area contributed by atoms with E-state index in [1.165, 1.54) is 6.20 Å². The predicted molar refractivity (Wildman–Crippen MR) is 75.1 cm³/mol. The number of rotatable bonds is 6. The Labute approximate surface area is 120 Å². The average Bonchev–Trinajstić information content (AvgIpc) is 2.90. The monoisotopic (exact) mass is 289 g/mol. The van der Waals surface area contributed by atoms with Gasteiger partial charge in [-0.3, -0.25) is 4.79 Å². The van der Waals surface area contributed by atoms with Gasteiger partial charge in [-0.25, -0.2) is 9.59 Å². The molecule has 0 radical (unpaired) electrons. The predicted octanol–water partition coefficient (Wildman–Crippen LogP) is 0.519. The lowest BCUT2D eigenvalue weighted by Crippen LogP contribution is -2.41. The highest BCUT2D eigenvalue weighted by molar-refractivity contribution is 5.94. The van der Waals surface area contributed by atoms with Crippen LogP contribution in [0.5, 0.6) is 0 Å². The normalized spacial score (nSPS) is 11.8. The number of hydrogen-bond donors (Lipinski definition) is 4. The summed E-state index contributed by atoms with van der Waals surface area (Å²) in [5.41, 5.74) is 0.482. The molecule has 0 saturated heterocycles. The smallest absolute Gasteiger partial charge is 0.326 e. The summed E-state index contributed by atoms with van der Waals surface area (Å²) in [6.45, 7) is 0. The van der Waals surface area contributed by atoms with Crippen molar-refractivity contribution in [2.45, 2.75) is 18.9 Å². The maximum atomic E-state index is 11.8. The number of aromatic nitrogens is 2. The summed E-state index contributed by atoms with van der Waals surface area (Å²) in [4.78, 5) is 38.5. The van der Waals surface area contributed by atoms with Crippen molar-refractivity contribution in [1.82, 2.24) is 15.3 Å². The highest BCUT2D eigenvalue weighted by Crippen LogP contribution is 2.06. The Hall–Kier alpha value is -2.83. The number of carboxylic acids is 1. The lowest BCUT2D eigenvalue weighted by Gasteiger charge is -2.13. The van der Waals surface area contributed by atoms with Gasteiger partial charge in [-0.1, -0.05) is 30.3 Å². The number of benzene rings is 1. The number of carboxylic acid groups (broad SMARTS) is 1. The molecule has 0 aliphatic heterocycles. The van der Waals surface area contributed by atoms with E-state index in [1.807, 2.05) is 30.3 Å². The van der Waals surface area contributed by atoms with Gasteiger partial charge in [0, 0.05) is 6.20 Å². The van der Waals surface area contributed by atoms with E-state index in [4.69, 9.17) is 5.11 Å². The summed E-state index contributed by atoms with van der Waals surface area (Å²) in [7, 11) is 0. The van der Waals surface area contributed by atoms with Gasteiger partial charge in [0.05, 0.1) is 0 Å². The number of aromatic amines is 2. The number of imidazole rings is 1. The van der Waals surface area contributed by atoms with Crippen LogP contribution in [0.4, 0.5) is 0 Å². The van der Waals surface area contributed by atoms with Crippen molar-refractivity contribution in [3.05, 3.63) is 58.3 Å². The van der Waals surface area contributed by atoms with Gasteiger partial charge in [-0.2, -0.15) is 0 Å². The molecule has 1 aromatic heterocycles. The van der Waals surface area contributed by atoms with Crippen molar-refractivity contribution >= 4 is 11.9 Å². The summed E-state index contributed by atoms with van der Waals surface area (Å²) in [6, 6.07) is 8.38. The van der Waals surface area contributed by atoms with Crippen molar-refractivity contribution in [2.24, 2.45) is 0 Å². The zero-order valence-corrected chi connectivity index (χ0v) is 11.1. The van der Waals surface area contributed by atoms with E-state index >= 15 is 0 Å². The second kappa shape index (κ2) is 6.56. The summed E-state index contributed by atoms with van der Waals surface area (Å²) >= 11 is 0. The lowest BCUT2D eigenvalue weighted by atomic mass is 10.1. The van der Waals surface area contributed by atoms with Crippen LogP contribution in [0.3, 0.4) is 0 Å². The van der Waals surface area contributed by atoms with Crippen molar-refractivity contribution < 1.29 is 14.7 Å². The van der Waals surface area contributed by atoms with Crippen LogP contribution >= 0.6 is 0 Å². The van der Waals surface area contributed by atoms with Crippen LogP contribution in [0.25, 0.3) is 0 Å². The third-order valence-electron chi connectivity index (χ3n) is 3.01. The molecule has 21 heavy (non-hydrogen) atoms. The Kier molecular flexibility index (Phi) is 4.55. The van der Waals surface area contributed by atoms with Gasteiger partial charge in [0.2, 0.25) is 0 Å². The van der Waals surface area contributed by atoms with Crippen molar-refractivity contribution in [1.29, 1.82) is 0 Å². The highest BCUT2D eigenvalue weighted by atomic mass is 16.4. The number of carbonyl (C=O) groups is 2. The first-order valence-corrected chi connectivity index (χ1v) is 6.41. The molecule has 1 aromatic carbocycles. The van der Waals surface area contributed by atoms with Crippen LogP contribution in [0.15, 0.2) is 41.3 Å². The van der Waals surface area contributed by atoms with Crippen LogP contribution < -0.4 is 11.0 Å². The molecule has 0 saturated carbocycles. The summed E-state index contributed by atoms with van der Waals surface area (Å²) in [6.07, 6.45) is 2.00. The van der Waals surface area contributed by atoms with E-state index in [9.17, 15) is 14.4 Å². The quantitative estimate of drug-likeness (QED) is 0.620. The molecule has 1 atom stereocenters. The number of aliphatic carboxylic acids is 1. The minimum absolute atomic E-state index is 0.00552. The molecule has 2 aromatic rings. The minimum atomic E-state index is -1.11. The van der Waals surface area contributed by atoms with Gasteiger partial charge in [0.1, 0.15) is 11.7 Å². The van der Waals surface area contributed by atoms with Gasteiger partial charge >= 0.3 is 11.7 Å². The molecule has 0 aliphatic carbocycles. The fourth-order valence-electron chi connectivity index (χ4n) is 1.90. The number of hydrogen-bond acceptors (Lipinski definition) is 3. The Balaban J connectivity index is 1.97. The molecule has 0 unspecified atom stereocenters. The van der Waals surface area contributed by atoms with Gasteiger partial charge < -0.3 is 20.4 Å². The molecule has 0 spiro atoms. The second-order valence-corrected chi connectivity index (χ2v) is 4.55. The zero-order valence-electron chi connectivity index (χ0n) is 11.1. The van der Waals surface area contributed by atoms with Crippen LogP contribution in [0.1, 0.15) is 22.5 Å².